The predicted molar refractivity (Wildman–Crippen MR) is 56.1 cm³/mol. The van der Waals surface area contributed by atoms with Gasteiger partial charge in [0.25, 0.3) is 0 Å². The predicted octanol–water partition coefficient (Wildman–Crippen LogP) is 4.45. The average molecular weight is 184 g/mol. The Balaban J connectivity index is 2.86. The highest BCUT2D eigenvalue weighted by molar-refractivity contribution is 4.89. The van der Waals surface area contributed by atoms with E-state index < -0.39 is 0 Å². The fourth-order valence-corrected chi connectivity index (χ4v) is 1.39. The summed E-state index contributed by atoms with van der Waals surface area (Å²) in [5.74, 6) is 2.44. The quantitative estimate of drug-likeness (QED) is 0.386. The SMILES string of the molecule is CCCCCCCCCCC#CF. The molecule has 0 aliphatic rings. The molecule has 0 aromatic heterocycles. The molecule has 0 aromatic carbocycles. The van der Waals surface area contributed by atoms with Crippen LogP contribution in [0, 0.1) is 12.1 Å². The van der Waals surface area contributed by atoms with Crippen LogP contribution in [0.25, 0.3) is 0 Å². The molecule has 0 nitrogen and oxygen atoms in total. The van der Waals surface area contributed by atoms with Crippen LogP contribution in [0.2, 0.25) is 0 Å². The van der Waals surface area contributed by atoms with Crippen LogP contribution < -0.4 is 0 Å². The van der Waals surface area contributed by atoms with Gasteiger partial charge in [-0.3, -0.25) is 0 Å². The Morgan fingerprint density at radius 1 is 0.846 bits per heavy atom. The first kappa shape index (κ1) is 12.5. The maximum atomic E-state index is 11.3. The van der Waals surface area contributed by atoms with Crippen LogP contribution in [-0.2, 0) is 0 Å². The van der Waals surface area contributed by atoms with Crippen LogP contribution >= 0.6 is 0 Å². The highest BCUT2D eigenvalue weighted by Gasteiger charge is 1.89. The molecule has 76 valence electrons. The number of rotatable bonds is 8. The second kappa shape index (κ2) is 11.5. The van der Waals surface area contributed by atoms with E-state index in [0.29, 0.717) is 0 Å². The molecule has 0 fully saturated rings. The van der Waals surface area contributed by atoms with E-state index in [1.165, 1.54) is 51.1 Å². The van der Waals surface area contributed by atoms with Crippen molar-refractivity contribution in [3.8, 4) is 12.1 Å². The molecule has 0 bridgehead atoms. The molecule has 0 radical (unpaired) electrons. The van der Waals surface area contributed by atoms with Gasteiger partial charge >= 0.3 is 0 Å². The molecule has 0 atom stereocenters. The summed E-state index contributed by atoms with van der Waals surface area (Å²) < 4.78 is 11.3. The average Bonchev–Trinajstić information content (AvgIpc) is 2.16. The molecule has 0 spiro atoms. The summed E-state index contributed by atoms with van der Waals surface area (Å²) in [5, 5.41) is 0. The lowest BCUT2D eigenvalue weighted by Crippen LogP contribution is -1.79. The first-order valence-electron chi connectivity index (χ1n) is 5.50. The molecule has 13 heavy (non-hydrogen) atoms. The molecule has 0 aliphatic heterocycles. The van der Waals surface area contributed by atoms with E-state index in [0.717, 1.165) is 12.8 Å². The van der Waals surface area contributed by atoms with Crippen molar-refractivity contribution in [3.63, 3.8) is 0 Å². The summed E-state index contributed by atoms with van der Waals surface area (Å²) in [6.07, 6.45) is 12.5. The maximum absolute atomic E-state index is 11.3. The van der Waals surface area contributed by atoms with Crippen LogP contribution in [0.3, 0.4) is 0 Å². The Kier molecular flexibility index (Phi) is 11.0. The first-order chi connectivity index (χ1) is 6.41. The van der Waals surface area contributed by atoms with Crippen molar-refractivity contribution < 1.29 is 4.39 Å². The van der Waals surface area contributed by atoms with Gasteiger partial charge in [-0.25, -0.2) is 0 Å². The highest BCUT2D eigenvalue weighted by atomic mass is 19.1. The molecule has 0 heterocycles. The van der Waals surface area contributed by atoms with Crippen LogP contribution in [0.1, 0.15) is 64.7 Å². The lowest BCUT2D eigenvalue weighted by atomic mass is 10.1. The second-order valence-corrected chi connectivity index (χ2v) is 3.50. The summed E-state index contributed by atoms with van der Waals surface area (Å²) in [4.78, 5) is 0. The summed E-state index contributed by atoms with van der Waals surface area (Å²) in [7, 11) is 0. The third-order valence-corrected chi connectivity index (χ3v) is 2.22. The van der Waals surface area contributed by atoms with Gasteiger partial charge in [0, 0.05) is 6.42 Å². The Labute approximate surface area is 81.9 Å². The highest BCUT2D eigenvalue weighted by Crippen LogP contribution is 2.08. The van der Waals surface area contributed by atoms with Crippen molar-refractivity contribution in [3.05, 3.63) is 0 Å². The normalized spacial score (nSPS) is 9.38. The van der Waals surface area contributed by atoms with Gasteiger partial charge in [0.05, 0.1) is 0 Å². The van der Waals surface area contributed by atoms with Gasteiger partial charge in [0.15, 0.2) is 0 Å². The van der Waals surface area contributed by atoms with Crippen molar-refractivity contribution in [1.82, 2.24) is 0 Å². The van der Waals surface area contributed by atoms with E-state index in [-0.39, 0.29) is 0 Å². The largest absolute Gasteiger partial charge is 0.144 e. The van der Waals surface area contributed by atoms with Crippen molar-refractivity contribution in [2.75, 3.05) is 0 Å². The number of hydrogen-bond acceptors (Lipinski definition) is 0. The van der Waals surface area contributed by atoms with Crippen molar-refractivity contribution in [2.45, 2.75) is 64.7 Å². The number of hydrogen-bond donors (Lipinski definition) is 0. The van der Waals surface area contributed by atoms with Gasteiger partial charge in [-0.1, -0.05) is 57.8 Å². The van der Waals surface area contributed by atoms with Crippen LogP contribution in [-0.4, -0.2) is 0 Å². The lowest BCUT2D eigenvalue weighted by Gasteiger charge is -1.98. The summed E-state index contributed by atoms with van der Waals surface area (Å²) in [5.41, 5.74) is 0. The number of unbranched alkanes of at least 4 members (excludes halogenated alkanes) is 8. The number of halogens is 1. The molecule has 0 rings (SSSR count). The summed E-state index contributed by atoms with van der Waals surface area (Å²) in [6, 6.07) is 0. The third-order valence-electron chi connectivity index (χ3n) is 2.22. The topological polar surface area (TPSA) is 0 Å². The molecular formula is C12H21F. The lowest BCUT2D eigenvalue weighted by molar-refractivity contribution is 0.579. The zero-order valence-corrected chi connectivity index (χ0v) is 8.74. The molecule has 0 aromatic rings. The van der Waals surface area contributed by atoms with E-state index >= 15 is 0 Å². The molecular weight excluding hydrogens is 163 g/mol. The van der Waals surface area contributed by atoms with Crippen molar-refractivity contribution in [2.24, 2.45) is 0 Å². The van der Waals surface area contributed by atoms with E-state index in [9.17, 15) is 4.39 Å². The van der Waals surface area contributed by atoms with Crippen molar-refractivity contribution in [1.29, 1.82) is 0 Å². The Hall–Kier alpha value is -0.510. The van der Waals surface area contributed by atoms with Crippen LogP contribution in [0.4, 0.5) is 4.39 Å². The Bertz CT molecular complexity index is 141. The second-order valence-electron chi connectivity index (χ2n) is 3.50. The minimum absolute atomic E-state index is 0.728. The molecule has 0 amide bonds. The van der Waals surface area contributed by atoms with Gasteiger partial charge < -0.3 is 0 Å². The smallest absolute Gasteiger partial charge is 0.105 e. The summed E-state index contributed by atoms with van der Waals surface area (Å²) in [6.45, 7) is 2.23. The fourth-order valence-electron chi connectivity index (χ4n) is 1.39. The van der Waals surface area contributed by atoms with Gasteiger partial charge in [-0.15, -0.1) is 4.39 Å². The molecule has 0 saturated heterocycles. The van der Waals surface area contributed by atoms with Crippen LogP contribution in [0.15, 0.2) is 0 Å². The molecule has 0 aliphatic carbocycles. The monoisotopic (exact) mass is 184 g/mol. The van der Waals surface area contributed by atoms with Crippen molar-refractivity contribution >= 4 is 0 Å². The molecule has 0 N–H and O–H groups in total. The van der Waals surface area contributed by atoms with E-state index in [1.54, 1.807) is 0 Å². The van der Waals surface area contributed by atoms with E-state index in [2.05, 4.69) is 12.8 Å². The fraction of sp³-hybridized carbons (Fsp3) is 0.833. The minimum Gasteiger partial charge on any atom is -0.144 e. The van der Waals surface area contributed by atoms with Gasteiger partial charge in [-0.05, 0) is 6.42 Å². The Morgan fingerprint density at radius 3 is 1.92 bits per heavy atom. The minimum atomic E-state index is 0.728. The van der Waals surface area contributed by atoms with Gasteiger partial charge in [-0.2, -0.15) is 0 Å². The van der Waals surface area contributed by atoms with E-state index in [4.69, 9.17) is 0 Å². The maximum Gasteiger partial charge on any atom is 0.105 e. The summed E-state index contributed by atoms with van der Waals surface area (Å²) >= 11 is 0. The third kappa shape index (κ3) is 11.5. The van der Waals surface area contributed by atoms with E-state index in [1.807, 2.05) is 0 Å². The van der Waals surface area contributed by atoms with Gasteiger partial charge in [0.2, 0.25) is 0 Å². The van der Waals surface area contributed by atoms with Gasteiger partial charge in [0.1, 0.15) is 6.17 Å². The molecule has 0 saturated carbocycles. The van der Waals surface area contributed by atoms with Crippen LogP contribution in [0.5, 0.6) is 0 Å². The molecule has 1 heteroatoms. The zero-order chi connectivity index (χ0) is 9.78. The standard InChI is InChI=1S/C12H21F/c1-2-3-4-5-6-7-8-9-10-11-12-13/h2-10H2,1H3. The molecule has 0 unspecified atom stereocenters. The zero-order valence-electron chi connectivity index (χ0n) is 8.74. The first-order valence-corrected chi connectivity index (χ1v) is 5.50. The Morgan fingerprint density at radius 2 is 1.38 bits per heavy atom.